The Labute approximate surface area is 215 Å². The number of hydrogen-bond acceptors (Lipinski definition) is 4. The van der Waals surface area contributed by atoms with Crippen LogP contribution in [0.1, 0.15) is 136 Å². The fourth-order valence-corrected chi connectivity index (χ4v) is 7.11. The second-order valence-electron chi connectivity index (χ2n) is 10.2. The molecule has 0 bridgehead atoms. The molecular formula is C27H60ClNO3Si. The molecule has 0 saturated heterocycles. The largest absolute Gasteiger partial charge is 0.500 e. The maximum absolute atomic E-state index is 6.96. The lowest BCUT2D eigenvalue weighted by Gasteiger charge is -2.38. The van der Waals surface area contributed by atoms with Crippen molar-refractivity contribution < 1.29 is 13.3 Å². The van der Waals surface area contributed by atoms with Crippen LogP contribution in [-0.2, 0) is 13.3 Å². The van der Waals surface area contributed by atoms with Crippen molar-refractivity contribution in [2.45, 2.75) is 148 Å². The molecule has 0 aliphatic carbocycles. The molecule has 0 saturated carbocycles. The number of halogens is 1. The molecule has 0 aliphatic heterocycles. The molecule has 0 amide bonds. The molecule has 0 aromatic rings. The van der Waals surface area contributed by atoms with Gasteiger partial charge < -0.3 is 19.0 Å². The topological polar surface area (TPSA) is 53.7 Å². The number of rotatable bonds is 24. The smallest absolute Gasteiger partial charge is 0.377 e. The first kappa shape index (κ1) is 35.5. The van der Waals surface area contributed by atoms with E-state index in [4.69, 9.17) is 19.0 Å². The average Bonchev–Trinajstić information content (AvgIpc) is 2.79. The highest BCUT2D eigenvalue weighted by Crippen LogP contribution is 2.34. The molecule has 0 heterocycles. The van der Waals surface area contributed by atoms with E-state index in [0.717, 1.165) is 18.9 Å². The monoisotopic (exact) mass is 509 g/mol. The SMILES string of the molecule is CCCCCCCCCCC(C[Si](OC)(OC)OC)C(C)(N)CCCCCCCCCC.Cl. The Balaban J connectivity index is 0. The zero-order valence-corrected chi connectivity index (χ0v) is 25.0. The minimum absolute atomic E-state index is 0. The van der Waals surface area contributed by atoms with E-state index in [2.05, 4.69) is 20.8 Å². The Morgan fingerprint density at radius 3 is 1.39 bits per heavy atom. The first-order valence-electron chi connectivity index (χ1n) is 13.9. The van der Waals surface area contributed by atoms with Gasteiger partial charge in [-0.2, -0.15) is 0 Å². The molecular weight excluding hydrogens is 450 g/mol. The van der Waals surface area contributed by atoms with Crippen molar-refractivity contribution in [3.8, 4) is 0 Å². The van der Waals surface area contributed by atoms with Gasteiger partial charge in [-0.3, -0.25) is 0 Å². The Morgan fingerprint density at radius 2 is 1.00 bits per heavy atom. The van der Waals surface area contributed by atoms with Gasteiger partial charge >= 0.3 is 8.80 Å². The van der Waals surface area contributed by atoms with Crippen LogP contribution in [0.25, 0.3) is 0 Å². The first-order valence-corrected chi connectivity index (χ1v) is 15.8. The molecule has 0 fully saturated rings. The van der Waals surface area contributed by atoms with Gasteiger partial charge in [0.15, 0.2) is 0 Å². The summed E-state index contributed by atoms with van der Waals surface area (Å²) < 4.78 is 17.3. The van der Waals surface area contributed by atoms with Crippen molar-refractivity contribution in [1.29, 1.82) is 0 Å². The highest BCUT2D eigenvalue weighted by molar-refractivity contribution is 6.60. The summed E-state index contributed by atoms with van der Waals surface area (Å²) in [7, 11) is 2.53. The fourth-order valence-electron chi connectivity index (χ4n) is 4.84. The third-order valence-electron chi connectivity index (χ3n) is 7.34. The lowest BCUT2D eigenvalue weighted by atomic mass is 9.80. The van der Waals surface area contributed by atoms with Gasteiger partial charge in [0.25, 0.3) is 0 Å². The molecule has 33 heavy (non-hydrogen) atoms. The average molecular weight is 510 g/mol. The van der Waals surface area contributed by atoms with E-state index >= 15 is 0 Å². The standard InChI is InChI=1S/C27H59NO3Si.ClH/c1-7-9-11-13-15-17-19-21-23-26(25-32(29-4,30-5)31-6)27(3,28)24-22-20-18-16-14-12-10-8-2;/h26H,7-25,28H2,1-6H3;1H. The summed E-state index contributed by atoms with van der Waals surface area (Å²) in [6, 6.07) is 0.816. The van der Waals surface area contributed by atoms with Gasteiger partial charge in [-0.25, -0.2) is 0 Å². The lowest BCUT2D eigenvalue weighted by Crippen LogP contribution is -2.52. The predicted molar refractivity (Wildman–Crippen MR) is 149 cm³/mol. The number of nitrogens with two attached hydrogens (primary N) is 1. The third kappa shape index (κ3) is 17.4. The molecule has 4 nitrogen and oxygen atoms in total. The summed E-state index contributed by atoms with van der Waals surface area (Å²) in [6.07, 6.45) is 23.7. The van der Waals surface area contributed by atoms with E-state index in [1.165, 1.54) is 103 Å². The van der Waals surface area contributed by atoms with Crippen molar-refractivity contribution >= 4 is 21.2 Å². The Hall–Kier alpha value is 0.347. The van der Waals surface area contributed by atoms with Crippen molar-refractivity contribution in [3.63, 3.8) is 0 Å². The fraction of sp³-hybridized carbons (Fsp3) is 1.00. The second-order valence-corrected chi connectivity index (χ2v) is 13.2. The first-order chi connectivity index (χ1) is 15.4. The van der Waals surface area contributed by atoms with Crippen LogP contribution in [0.2, 0.25) is 6.04 Å². The van der Waals surface area contributed by atoms with E-state index in [-0.39, 0.29) is 17.9 Å². The zero-order valence-electron chi connectivity index (χ0n) is 23.2. The van der Waals surface area contributed by atoms with Crippen molar-refractivity contribution in [2.24, 2.45) is 11.7 Å². The van der Waals surface area contributed by atoms with Gasteiger partial charge in [0.1, 0.15) is 0 Å². The summed E-state index contributed by atoms with van der Waals surface area (Å²) in [5.74, 6) is 0.374. The summed E-state index contributed by atoms with van der Waals surface area (Å²) in [5, 5.41) is 0. The molecule has 2 N–H and O–H groups in total. The van der Waals surface area contributed by atoms with Crippen LogP contribution in [0.5, 0.6) is 0 Å². The van der Waals surface area contributed by atoms with Gasteiger partial charge in [-0.1, -0.05) is 117 Å². The summed E-state index contributed by atoms with van der Waals surface area (Å²) in [6.45, 7) is 6.81. The van der Waals surface area contributed by atoms with E-state index in [1.807, 2.05) is 0 Å². The molecule has 0 rings (SSSR count). The van der Waals surface area contributed by atoms with Crippen LogP contribution in [0.15, 0.2) is 0 Å². The second kappa shape index (κ2) is 22.8. The van der Waals surface area contributed by atoms with Crippen LogP contribution in [0, 0.1) is 5.92 Å². The minimum Gasteiger partial charge on any atom is -0.377 e. The molecule has 202 valence electrons. The molecule has 0 radical (unpaired) electrons. The van der Waals surface area contributed by atoms with Gasteiger partial charge in [-0.05, 0) is 25.7 Å². The summed E-state index contributed by atoms with van der Waals surface area (Å²) in [5.41, 5.74) is 6.77. The normalized spacial score (nSPS) is 14.6. The van der Waals surface area contributed by atoms with Crippen LogP contribution in [0.3, 0.4) is 0 Å². The van der Waals surface area contributed by atoms with E-state index in [0.29, 0.717) is 5.92 Å². The van der Waals surface area contributed by atoms with Crippen LogP contribution < -0.4 is 5.73 Å². The van der Waals surface area contributed by atoms with Gasteiger partial charge in [-0.15, -0.1) is 12.4 Å². The van der Waals surface area contributed by atoms with E-state index < -0.39 is 8.80 Å². The predicted octanol–water partition coefficient (Wildman–Crippen LogP) is 8.68. The molecule has 2 unspecified atom stereocenters. The Morgan fingerprint density at radius 1 is 0.636 bits per heavy atom. The molecule has 0 spiro atoms. The number of hydrogen-bond donors (Lipinski definition) is 1. The Bertz CT molecular complexity index is 401. The maximum Gasteiger partial charge on any atom is 0.500 e. The number of unbranched alkanes of at least 4 members (excludes halogenated alkanes) is 14. The Kier molecular flexibility index (Phi) is 24.5. The quantitative estimate of drug-likeness (QED) is 0.104. The molecule has 0 aliphatic rings. The van der Waals surface area contributed by atoms with Crippen molar-refractivity contribution in [1.82, 2.24) is 0 Å². The highest BCUT2D eigenvalue weighted by Gasteiger charge is 2.44. The van der Waals surface area contributed by atoms with E-state index in [1.54, 1.807) is 21.3 Å². The van der Waals surface area contributed by atoms with Crippen LogP contribution in [0.4, 0.5) is 0 Å². The van der Waals surface area contributed by atoms with Gasteiger partial charge in [0.05, 0.1) is 0 Å². The maximum atomic E-state index is 6.96. The molecule has 0 aromatic carbocycles. The van der Waals surface area contributed by atoms with Gasteiger partial charge in [0, 0.05) is 32.9 Å². The summed E-state index contributed by atoms with van der Waals surface area (Å²) in [4.78, 5) is 0. The minimum atomic E-state index is -2.63. The van der Waals surface area contributed by atoms with E-state index in [9.17, 15) is 0 Å². The van der Waals surface area contributed by atoms with Crippen LogP contribution in [-0.4, -0.2) is 35.7 Å². The van der Waals surface area contributed by atoms with Gasteiger partial charge in [0.2, 0.25) is 0 Å². The zero-order chi connectivity index (χ0) is 24.1. The van der Waals surface area contributed by atoms with Crippen molar-refractivity contribution in [3.05, 3.63) is 0 Å². The molecule has 0 aromatic heterocycles. The molecule has 2 atom stereocenters. The highest BCUT2D eigenvalue weighted by atomic mass is 35.5. The van der Waals surface area contributed by atoms with Crippen LogP contribution >= 0.6 is 12.4 Å². The van der Waals surface area contributed by atoms with Crippen molar-refractivity contribution in [2.75, 3.05) is 21.3 Å². The lowest BCUT2D eigenvalue weighted by molar-refractivity contribution is 0.108. The summed E-state index contributed by atoms with van der Waals surface area (Å²) >= 11 is 0. The third-order valence-corrected chi connectivity index (χ3v) is 10.2. The molecule has 6 heteroatoms.